The van der Waals surface area contributed by atoms with E-state index in [1.54, 1.807) is 0 Å². The van der Waals surface area contributed by atoms with Crippen molar-refractivity contribution in [1.82, 2.24) is 14.7 Å². The number of aromatic nitrogens is 2. The number of carboxylic acids is 1. The maximum Gasteiger partial charge on any atom is 0.356 e. The van der Waals surface area contributed by atoms with E-state index in [-0.39, 0.29) is 11.6 Å². The molecule has 1 aromatic heterocycles. The van der Waals surface area contributed by atoms with E-state index in [1.165, 1.54) is 10.7 Å². The van der Waals surface area contributed by atoms with E-state index in [2.05, 4.69) is 5.10 Å². The number of carbonyl (C=O) groups is 2. The third-order valence-electron chi connectivity index (χ3n) is 3.41. The minimum absolute atomic E-state index is 0.0694. The molecule has 0 saturated carbocycles. The number of carboxylic acid groups (broad SMARTS) is 1. The number of amides is 1. The first-order valence-electron chi connectivity index (χ1n) is 6.74. The SMILES string of the molecule is CCn1nc(C(=O)O)cc1C(=O)N1CCCCCC1. The van der Waals surface area contributed by atoms with Gasteiger partial charge in [0.15, 0.2) is 5.69 Å². The Bertz CT molecular complexity index is 473. The van der Waals surface area contributed by atoms with Crippen LogP contribution in [0, 0.1) is 0 Å². The lowest BCUT2D eigenvalue weighted by molar-refractivity contribution is 0.0688. The van der Waals surface area contributed by atoms with Gasteiger partial charge in [0.25, 0.3) is 5.91 Å². The predicted molar refractivity (Wildman–Crippen MR) is 69.2 cm³/mol. The van der Waals surface area contributed by atoms with Crippen molar-refractivity contribution in [2.45, 2.75) is 39.2 Å². The molecule has 1 saturated heterocycles. The predicted octanol–water partition coefficient (Wildman–Crippen LogP) is 1.62. The van der Waals surface area contributed by atoms with Gasteiger partial charge in [-0.05, 0) is 19.8 Å². The molecular weight excluding hydrogens is 246 g/mol. The highest BCUT2D eigenvalue weighted by molar-refractivity contribution is 5.95. The van der Waals surface area contributed by atoms with Crippen molar-refractivity contribution in [2.24, 2.45) is 0 Å². The number of rotatable bonds is 3. The van der Waals surface area contributed by atoms with Gasteiger partial charge in [0.05, 0.1) is 0 Å². The van der Waals surface area contributed by atoms with Crippen LogP contribution in [-0.2, 0) is 6.54 Å². The number of aryl methyl sites for hydroxylation is 1. The van der Waals surface area contributed by atoms with Gasteiger partial charge in [0.1, 0.15) is 5.69 Å². The van der Waals surface area contributed by atoms with Gasteiger partial charge in [0.2, 0.25) is 0 Å². The Kier molecular flexibility index (Phi) is 4.19. The Hall–Kier alpha value is -1.85. The van der Waals surface area contributed by atoms with E-state index in [4.69, 9.17) is 5.11 Å². The molecule has 1 aliphatic heterocycles. The van der Waals surface area contributed by atoms with Crippen LogP contribution in [0.3, 0.4) is 0 Å². The minimum atomic E-state index is -1.10. The summed E-state index contributed by atoms with van der Waals surface area (Å²) in [7, 11) is 0. The molecule has 2 rings (SSSR count). The molecule has 1 N–H and O–H groups in total. The lowest BCUT2D eigenvalue weighted by Gasteiger charge is -2.20. The molecule has 0 radical (unpaired) electrons. The van der Waals surface area contributed by atoms with Crippen LogP contribution in [0.15, 0.2) is 6.07 Å². The summed E-state index contributed by atoms with van der Waals surface area (Å²) in [5.74, 6) is -1.21. The molecule has 1 amide bonds. The van der Waals surface area contributed by atoms with Crippen LogP contribution in [0.5, 0.6) is 0 Å². The molecule has 0 aromatic carbocycles. The van der Waals surface area contributed by atoms with E-state index in [9.17, 15) is 9.59 Å². The van der Waals surface area contributed by atoms with Gasteiger partial charge in [0, 0.05) is 25.7 Å². The summed E-state index contributed by atoms with van der Waals surface area (Å²) < 4.78 is 1.47. The first-order chi connectivity index (χ1) is 9.13. The average molecular weight is 265 g/mol. The lowest BCUT2D eigenvalue weighted by atomic mass is 10.2. The summed E-state index contributed by atoms with van der Waals surface area (Å²) in [6.45, 7) is 3.83. The van der Waals surface area contributed by atoms with Crippen LogP contribution in [0.1, 0.15) is 53.6 Å². The van der Waals surface area contributed by atoms with Gasteiger partial charge in [-0.15, -0.1) is 0 Å². The Morgan fingerprint density at radius 2 is 1.89 bits per heavy atom. The zero-order valence-electron chi connectivity index (χ0n) is 11.1. The number of likely N-dealkylation sites (tertiary alicyclic amines) is 1. The summed E-state index contributed by atoms with van der Waals surface area (Å²) in [4.78, 5) is 25.2. The second-order valence-corrected chi connectivity index (χ2v) is 4.74. The molecule has 0 atom stereocenters. The lowest BCUT2D eigenvalue weighted by Crippen LogP contribution is -2.33. The third kappa shape index (κ3) is 2.94. The van der Waals surface area contributed by atoms with Gasteiger partial charge >= 0.3 is 5.97 Å². The molecule has 2 heterocycles. The number of hydrogen-bond acceptors (Lipinski definition) is 3. The molecule has 6 heteroatoms. The zero-order valence-corrected chi connectivity index (χ0v) is 11.1. The molecule has 0 unspecified atom stereocenters. The maximum atomic E-state index is 12.4. The van der Waals surface area contributed by atoms with Gasteiger partial charge in [-0.25, -0.2) is 4.79 Å². The van der Waals surface area contributed by atoms with E-state index >= 15 is 0 Å². The largest absolute Gasteiger partial charge is 0.476 e. The summed E-state index contributed by atoms with van der Waals surface area (Å²) in [5, 5.41) is 12.9. The highest BCUT2D eigenvalue weighted by Crippen LogP contribution is 2.14. The zero-order chi connectivity index (χ0) is 13.8. The Labute approximate surface area is 112 Å². The van der Waals surface area contributed by atoms with Crippen molar-refractivity contribution in [3.63, 3.8) is 0 Å². The van der Waals surface area contributed by atoms with E-state index < -0.39 is 5.97 Å². The molecule has 1 fully saturated rings. The van der Waals surface area contributed by atoms with Crippen molar-refractivity contribution >= 4 is 11.9 Å². The number of hydrogen-bond donors (Lipinski definition) is 1. The fourth-order valence-corrected chi connectivity index (χ4v) is 2.37. The van der Waals surface area contributed by atoms with Crippen molar-refractivity contribution in [3.05, 3.63) is 17.5 Å². The van der Waals surface area contributed by atoms with Crippen LogP contribution in [0.25, 0.3) is 0 Å². The highest BCUT2D eigenvalue weighted by Gasteiger charge is 2.23. The number of carbonyl (C=O) groups excluding carboxylic acids is 1. The Morgan fingerprint density at radius 1 is 1.26 bits per heavy atom. The fraction of sp³-hybridized carbons (Fsp3) is 0.615. The fourth-order valence-electron chi connectivity index (χ4n) is 2.37. The normalized spacial score (nSPS) is 16.2. The maximum absolute atomic E-state index is 12.4. The van der Waals surface area contributed by atoms with E-state index in [0.717, 1.165) is 38.8 Å². The summed E-state index contributed by atoms with van der Waals surface area (Å²) in [5.41, 5.74) is 0.307. The van der Waals surface area contributed by atoms with Crippen molar-refractivity contribution in [2.75, 3.05) is 13.1 Å². The molecule has 0 bridgehead atoms. The minimum Gasteiger partial charge on any atom is -0.476 e. The van der Waals surface area contributed by atoms with Crippen LogP contribution < -0.4 is 0 Å². The second kappa shape index (κ2) is 5.86. The molecule has 0 spiro atoms. The average Bonchev–Trinajstić information content (AvgIpc) is 2.65. The van der Waals surface area contributed by atoms with Gasteiger partial charge in [-0.3, -0.25) is 9.48 Å². The molecule has 6 nitrogen and oxygen atoms in total. The van der Waals surface area contributed by atoms with Crippen molar-refractivity contribution < 1.29 is 14.7 Å². The van der Waals surface area contributed by atoms with Crippen molar-refractivity contribution in [3.8, 4) is 0 Å². The second-order valence-electron chi connectivity index (χ2n) is 4.74. The Morgan fingerprint density at radius 3 is 2.42 bits per heavy atom. The van der Waals surface area contributed by atoms with E-state index in [0.29, 0.717) is 12.2 Å². The van der Waals surface area contributed by atoms with Crippen LogP contribution in [0.4, 0.5) is 0 Å². The monoisotopic (exact) mass is 265 g/mol. The molecule has 1 aromatic rings. The third-order valence-corrected chi connectivity index (χ3v) is 3.41. The Balaban J connectivity index is 2.23. The van der Waals surface area contributed by atoms with Gasteiger partial charge in [-0.1, -0.05) is 12.8 Å². The molecule has 1 aliphatic rings. The molecule has 19 heavy (non-hydrogen) atoms. The highest BCUT2D eigenvalue weighted by atomic mass is 16.4. The van der Waals surface area contributed by atoms with Crippen LogP contribution >= 0.6 is 0 Å². The van der Waals surface area contributed by atoms with Gasteiger partial charge < -0.3 is 10.0 Å². The first kappa shape index (κ1) is 13.6. The van der Waals surface area contributed by atoms with Crippen LogP contribution in [-0.4, -0.2) is 44.8 Å². The van der Waals surface area contributed by atoms with Gasteiger partial charge in [-0.2, -0.15) is 5.10 Å². The first-order valence-corrected chi connectivity index (χ1v) is 6.74. The summed E-state index contributed by atoms with van der Waals surface area (Å²) in [6, 6.07) is 1.37. The summed E-state index contributed by atoms with van der Waals surface area (Å²) in [6.07, 6.45) is 4.32. The summed E-state index contributed by atoms with van der Waals surface area (Å²) >= 11 is 0. The van der Waals surface area contributed by atoms with Crippen LogP contribution in [0.2, 0.25) is 0 Å². The molecular formula is C13H19N3O3. The number of nitrogens with zero attached hydrogens (tertiary/aromatic N) is 3. The number of aromatic carboxylic acids is 1. The topological polar surface area (TPSA) is 75.4 Å². The quantitative estimate of drug-likeness (QED) is 0.901. The standard InChI is InChI=1S/C13H19N3O3/c1-2-16-11(9-10(14-16)13(18)19)12(17)15-7-5-3-4-6-8-15/h9H,2-8H2,1H3,(H,18,19). The molecule has 104 valence electrons. The smallest absolute Gasteiger partial charge is 0.356 e. The van der Waals surface area contributed by atoms with Crippen molar-refractivity contribution in [1.29, 1.82) is 0 Å². The van der Waals surface area contributed by atoms with E-state index in [1.807, 2.05) is 11.8 Å². The molecule has 0 aliphatic carbocycles.